The van der Waals surface area contributed by atoms with Gasteiger partial charge in [0.1, 0.15) is 0 Å². The first-order valence-electron chi connectivity index (χ1n) is 7.85. The third kappa shape index (κ3) is 4.79. The summed E-state index contributed by atoms with van der Waals surface area (Å²) in [6.45, 7) is 0. The maximum Gasteiger partial charge on any atom is 0.269 e. The zero-order valence-corrected chi connectivity index (χ0v) is 14.7. The highest BCUT2D eigenvalue weighted by molar-refractivity contribution is 7.99. The second-order valence-electron chi connectivity index (χ2n) is 5.44. The number of rotatable bonds is 5. The first-order chi connectivity index (χ1) is 13.0. The van der Waals surface area contributed by atoms with E-state index < -0.39 is 16.7 Å². The Bertz CT molecular complexity index is 1010. The number of nitro groups is 1. The fourth-order valence-electron chi connectivity index (χ4n) is 2.24. The molecule has 0 saturated heterocycles. The highest BCUT2D eigenvalue weighted by Gasteiger charge is 2.11. The number of carbonyl (C=O) groups excluding carboxylic acids is 2. The summed E-state index contributed by atoms with van der Waals surface area (Å²) in [6.07, 6.45) is 0. The van der Waals surface area contributed by atoms with Gasteiger partial charge in [0, 0.05) is 23.1 Å². The quantitative estimate of drug-likeness (QED) is 0.398. The van der Waals surface area contributed by atoms with E-state index in [2.05, 4.69) is 15.8 Å². The van der Waals surface area contributed by atoms with Gasteiger partial charge in [-0.25, -0.2) is 4.98 Å². The normalized spacial score (nSPS) is 10.4. The summed E-state index contributed by atoms with van der Waals surface area (Å²) in [5.74, 6) is -0.886. The zero-order valence-electron chi connectivity index (χ0n) is 13.9. The monoisotopic (exact) mass is 382 g/mol. The molecule has 8 nitrogen and oxygen atoms in total. The van der Waals surface area contributed by atoms with Gasteiger partial charge in [0.05, 0.1) is 21.2 Å². The number of nitrogens with zero attached hydrogens (tertiary/aromatic N) is 2. The summed E-state index contributed by atoms with van der Waals surface area (Å²) in [7, 11) is 0. The number of para-hydroxylation sites is 1. The van der Waals surface area contributed by atoms with Crippen LogP contribution in [0.25, 0.3) is 10.9 Å². The van der Waals surface area contributed by atoms with E-state index in [0.717, 1.165) is 10.9 Å². The second-order valence-corrected chi connectivity index (χ2v) is 6.43. The van der Waals surface area contributed by atoms with Crippen molar-refractivity contribution in [3.8, 4) is 0 Å². The maximum absolute atomic E-state index is 11.9. The molecule has 2 aromatic carbocycles. The van der Waals surface area contributed by atoms with Gasteiger partial charge in [-0.15, -0.1) is 0 Å². The number of fused-ring (bicyclic) bond motifs is 1. The number of aromatic nitrogens is 1. The molecule has 0 spiro atoms. The molecule has 1 heterocycles. The number of thioether (sulfide) groups is 1. The minimum Gasteiger partial charge on any atom is -0.272 e. The fraction of sp³-hybridized carbons (Fsp3) is 0.0556. The van der Waals surface area contributed by atoms with Crippen LogP contribution in [0.5, 0.6) is 0 Å². The fourth-order valence-corrected chi connectivity index (χ4v) is 2.91. The van der Waals surface area contributed by atoms with Gasteiger partial charge in [-0.05, 0) is 24.3 Å². The molecule has 3 aromatic rings. The van der Waals surface area contributed by atoms with Crippen molar-refractivity contribution in [3.05, 3.63) is 76.3 Å². The lowest BCUT2D eigenvalue weighted by Gasteiger charge is -2.07. The Morgan fingerprint density at radius 1 is 1.00 bits per heavy atom. The predicted molar refractivity (Wildman–Crippen MR) is 101 cm³/mol. The summed E-state index contributed by atoms with van der Waals surface area (Å²) in [4.78, 5) is 38.3. The Hall–Kier alpha value is -3.46. The van der Waals surface area contributed by atoms with E-state index >= 15 is 0 Å². The number of hydrazine groups is 1. The van der Waals surface area contributed by atoms with Gasteiger partial charge < -0.3 is 0 Å². The second kappa shape index (κ2) is 8.28. The van der Waals surface area contributed by atoms with Gasteiger partial charge in [-0.1, -0.05) is 36.0 Å². The largest absolute Gasteiger partial charge is 0.272 e. The number of benzene rings is 2. The highest BCUT2D eigenvalue weighted by Crippen LogP contribution is 2.19. The lowest BCUT2D eigenvalue weighted by Crippen LogP contribution is -2.42. The number of nitrogens with one attached hydrogen (secondary N) is 2. The van der Waals surface area contributed by atoms with E-state index in [9.17, 15) is 19.7 Å². The Balaban J connectivity index is 1.49. The summed E-state index contributed by atoms with van der Waals surface area (Å²) in [5, 5.41) is 12.3. The number of amides is 2. The van der Waals surface area contributed by atoms with Gasteiger partial charge in [-0.2, -0.15) is 0 Å². The van der Waals surface area contributed by atoms with Crippen molar-refractivity contribution >= 4 is 40.2 Å². The lowest BCUT2D eigenvalue weighted by atomic mass is 10.2. The summed E-state index contributed by atoms with van der Waals surface area (Å²) < 4.78 is 0. The van der Waals surface area contributed by atoms with Crippen molar-refractivity contribution in [1.29, 1.82) is 0 Å². The van der Waals surface area contributed by atoms with Crippen molar-refractivity contribution in [3.63, 3.8) is 0 Å². The van der Waals surface area contributed by atoms with Crippen LogP contribution in [-0.2, 0) is 4.79 Å². The predicted octanol–water partition coefficient (Wildman–Crippen LogP) is 2.70. The molecule has 136 valence electrons. The molecule has 0 saturated carbocycles. The van der Waals surface area contributed by atoms with Crippen molar-refractivity contribution in [1.82, 2.24) is 15.8 Å². The topological polar surface area (TPSA) is 114 Å². The smallest absolute Gasteiger partial charge is 0.269 e. The maximum atomic E-state index is 11.9. The molecule has 0 atom stereocenters. The molecule has 9 heteroatoms. The number of non-ortho nitro benzene ring substituents is 1. The zero-order chi connectivity index (χ0) is 19.2. The van der Waals surface area contributed by atoms with Crippen LogP contribution in [0.2, 0.25) is 0 Å². The molecule has 2 amide bonds. The van der Waals surface area contributed by atoms with E-state index in [1.54, 1.807) is 0 Å². The van der Waals surface area contributed by atoms with Crippen LogP contribution in [0, 0.1) is 10.1 Å². The van der Waals surface area contributed by atoms with Crippen LogP contribution in [0.15, 0.2) is 65.7 Å². The first kappa shape index (κ1) is 18.3. The number of nitro benzene ring substituents is 1. The summed E-state index contributed by atoms with van der Waals surface area (Å²) >= 11 is 1.25. The Kier molecular flexibility index (Phi) is 5.62. The van der Waals surface area contributed by atoms with Gasteiger partial charge >= 0.3 is 0 Å². The Morgan fingerprint density at radius 2 is 1.74 bits per heavy atom. The van der Waals surface area contributed by atoms with Gasteiger partial charge in [0.25, 0.3) is 11.6 Å². The molecule has 0 aliphatic heterocycles. The molecule has 1 aromatic heterocycles. The summed E-state index contributed by atoms with van der Waals surface area (Å²) in [6, 6.07) is 16.5. The number of pyridine rings is 1. The van der Waals surface area contributed by atoms with Crippen molar-refractivity contribution in [2.24, 2.45) is 0 Å². The van der Waals surface area contributed by atoms with Crippen LogP contribution < -0.4 is 10.9 Å². The number of carbonyl (C=O) groups is 2. The molecule has 0 aliphatic carbocycles. The molecule has 3 rings (SSSR count). The minimum atomic E-state index is -0.563. The van der Waals surface area contributed by atoms with E-state index in [4.69, 9.17) is 0 Å². The van der Waals surface area contributed by atoms with Crippen molar-refractivity contribution in [2.75, 3.05) is 5.75 Å². The van der Waals surface area contributed by atoms with Crippen LogP contribution in [0.1, 0.15) is 10.4 Å². The molecule has 0 aliphatic rings. The third-order valence-electron chi connectivity index (χ3n) is 3.58. The average Bonchev–Trinajstić information content (AvgIpc) is 2.70. The first-order valence-corrected chi connectivity index (χ1v) is 8.84. The van der Waals surface area contributed by atoms with E-state index in [-0.39, 0.29) is 17.0 Å². The average molecular weight is 382 g/mol. The molecule has 0 unspecified atom stereocenters. The standard InChI is InChI=1S/C18H14N4O4S/c23-16(11-27-17-10-7-12-3-1-2-4-15(12)19-17)20-21-18(24)13-5-8-14(9-6-13)22(25)26/h1-10H,11H2,(H,20,23)(H,21,24). The van der Waals surface area contributed by atoms with Crippen LogP contribution >= 0.6 is 11.8 Å². The summed E-state index contributed by atoms with van der Waals surface area (Å²) in [5.41, 5.74) is 5.50. The van der Waals surface area contributed by atoms with Gasteiger partial charge in [0.15, 0.2) is 0 Å². The van der Waals surface area contributed by atoms with E-state index in [1.165, 1.54) is 36.0 Å². The van der Waals surface area contributed by atoms with E-state index in [0.29, 0.717) is 5.03 Å². The third-order valence-corrected chi connectivity index (χ3v) is 4.51. The van der Waals surface area contributed by atoms with Crippen LogP contribution in [-0.4, -0.2) is 27.5 Å². The van der Waals surface area contributed by atoms with Crippen molar-refractivity contribution in [2.45, 2.75) is 5.03 Å². The molecular weight excluding hydrogens is 368 g/mol. The molecule has 0 fully saturated rings. The molecular formula is C18H14N4O4S. The SMILES string of the molecule is O=C(CSc1ccc2ccccc2n1)NNC(=O)c1ccc([N+](=O)[O-])cc1. The van der Waals surface area contributed by atoms with Gasteiger partial charge in [-0.3, -0.25) is 30.6 Å². The Morgan fingerprint density at radius 3 is 2.48 bits per heavy atom. The van der Waals surface area contributed by atoms with Crippen LogP contribution in [0.3, 0.4) is 0 Å². The highest BCUT2D eigenvalue weighted by atomic mass is 32.2. The lowest BCUT2D eigenvalue weighted by molar-refractivity contribution is -0.384. The van der Waals surface area contributed by atoms with Gasteiger partial charge in [0.2, 0.25) is 5.91 Å². The molecule has 0 bridgehead atoms. The molecule has 0 radical (unpaired) electrons. The minimum absolute atomic E-state index is 0.0753. The number of hydrogen-bond acceptors (Lipinski definition) is 6. The van der Waals surface area contributed by atoms with Crippen LogP contribution in [0.4, 0.5) is 5.69 Å². The molecule has 2 N–H and O–H groups in total. The Labute approximate surface area is 158 Å². The number of hydrogen-bond donors (Lipinski definition) is 2. The molecule has 27 heavy (non-hydrogen) atoms. The van der Waals surface area contributed by atoms with E-state index in [1.807, 2.05) is 36.4 Å². The van der Waals surface area contributed by atoms with Crippen molar-refractivity contribution < 1.29 is 14.5 Å².